The minimum Gasteiger partial charge on any atom is -0.309 e. The molecule has 0 bridgehead atoms. The lowest BCUT2D eigenvalue weighted by molar-refractivity contribution is 0.00595. The summed E-state index contributed by atoms with van der Waals surface area (Å²) in [7, 11) is 0. The zero-order valence-electron chi connectivity index (χ0n) is 12.0. The van der Waals surface area contributed by atoms with Gasteiger partial charge in [0.05, 0.1) is 3.79 Å². The maximum Gasteiger partial charge on any atom is 0.0701 e. The number of piperazine rings is 1. The van der Waals surface area contributed by atoms with Gasteiger partial charge in [-0.2, -0.15) is 0 Å². The first-order valence-electron chi connectivity index (χ1n) is 7.13. The summed E-state index contributed by atoms with van der Waals surface area (Å²) in [6, 6.07) is 4.43. The fraction of sp³-hybridized carbons (Fsp3) is 0.733. The molecule has 3 rings (SSSR count). The lowest BCUT2D eigenvalue weighted by atomic mass is 9.86. The quantitative estimate of drug-likeness (QED) is 0.896. The third-order valence-corrected chi connectivity index (χ3v) is 6.27. The van der Waals surface area contributed by atoms with Gasteiger partial charge in [0.15, 0.2) is 0 Å². The second kappa shape index (κ2) is 4.83. The third-order valence-electron chi connectivity index (χ3n) is 4.67. The number of thiophene rings is 1. The Hall–Kier alpha value is 0.1000. The molecule has 1 aromatic heterocycles. The molecule has 1 N–H and O–H groups in total. The van der Waals surface area contributed by atoms with Gasteiger partial charge in [-0.15, -0.1) is 11.3 Å². The second-order valence-corrected chi connectivity index (χ2v) is 9.48. The number of hydrogen-bond acceptors (Lipinski definition) is 3. The summed E-state index contributed by atoms with van der Waals surface area (Å²) in [4.78, 5) is 4.19. The highest BCUT2D eigenvalue weighted by Gasteiger charge is 2.49. The molecule has 1 aliphatic carbocycles. The van der Waals surface area contributed by atoms with E-state index in [9.17, 15) is 0 Å². The Bertz CT molecular complexity index is 466. The van der Waals surface area contributed by atoms with Crippen molar-refractivity contribution in [3.63, 3.8) is 0 Å². The minimum atomic E-state index is 0.225. The molecule has 1 unspecified atom stereocenters. The highest BCUT2D eigenvalue weighted by Crippen LogP contribution is 2.45. The molecule has 1 saturated carbocycles. The van der Waals surface area contributed by atoms with Crippen LogP contribution < -0.4 is 5.32 Å². The van der Waals surface area contributed by atoms with E-state index in [1.807, 2.05) is 11.3 Å². The highest BCUT2D eigenvalue weighted by molar-refractivity contribution is 9.11. The van der Waals surface area contributed by atoms with Crippen LogP contribution in [0.15, 0.2) is 15.9 Å². The van der Waals surface area contributed by atoms with Crippen molar-refractivity contribution in [1.82, 2.24) is 10.2 Å². The van der Waals surface area contributed by atoms with Crippen LogP contribution in [0.5, 0.6) is 0 Å². The van der Waals surface area contributed by atoms with Crippen LogP contribution in [0.1, 0.15) is 38.5 Å². The molecule has 1 aromatic rings. The van der Waals surface area contributed by atoms with E-state index < -0.39 is 0 Å². The molecule has 4 heteroatoms. The Labute approximate surface area is 128 Å². The van der Waals surface area contributed by atoms with Crippen molar-refractivity contribution in [1.29, 1.82) is 0 Å². The zero-order chi connectivity index (χ0) is 13.7. The van der Waals surface area contributed by atoms with Crippen molar-refractivity contribution in [2.24, 2.45) is 5.92 Å². The Morgan fingerprint density at radius 3 is 2.68 bits per heavy atom. The zero-order valence-corrected chi connectivity index (χ0v) is 14.4. The van der Waals surface area contributed by atoms with Gasteiger partial charge in [0.2, 0.25) is 0 Å². The molecule has 0 amide bonds. The molecule has 1 aliphatic heterocycles. The highest BCUT2D eigenvalue weighted by atomic mass is 79.9. The van der Waals surface area contributed by atoms with E-state index in [1.165, 1.54) is 21.5 Å². The van der Waals surface area contributed by atoms with Crippen molar-refractivity contribution in [2.45, 2.75) is 51.2 Å². The number of nitrogens with zero attached hydrogens (tertiary/aromatic N) is 1. The maximum atomic E-state index is 3.74. The molecule has 106 valence electrons. The van der Waals surface area contributed by atoms with Gasteiger partial charge in [-0.1, -0.05) is 0 Å². The SMILES string of the molecule is CC1(C)CN(Cc2ccc(Br)s2)C(C)(C2CC2)CN1. The molecular weight excluding hydrogens is 320 g/mol. The fourth-order valence-corrected chi connectivity index (χ4v) is 4.71. The Morgan fingerprint density at radius 1 is 1.37 bits per heavy atom. The van der Waals surface area contributed by atoms with E-state index in [-0.39, 0.29) is 5.54 Å². The van der Waals surface area contributed by atoms with Gasteiger partial charge in [0, 0.05) is 35.6 Å². The largest absolute Gasteiger partial charge is 0.309 e. The van der Waals surface area contributed by atoms with Crippen LogP contribution in [-0.4, -0.2) is 29.1 Å². The van der Waals surface area contributed by atoms with E-state index >= 15 is 0 Å². The summed E-state index contributed by atoms with van der Waals surface area (Å²) in [6.45, 7) is 10.4. The number of hydrogen-bond donors (Lipinski definition) is 1. The van der Waals surface area contributed by atoms with Gasteiger partial charge >= 0.3 is 0 Å². The summed E-state index contributed by atoms with van der Waals surface area (Å²) >= 11 is 5.45. The molecule has 2 heterocycles. The molecule has 2 aliphatic rings. The smallest absolute Gasteiger partial charge is 0.0701 e. The van der Waals surface area contributed by atoms with Gasteiger partial charge in [0.1, 0.15) is 0 Å². The molecule has 1 saturated heterocycles. The average molecular weight is 343 g/mol. The van der Waals surface area contributed by atoms with Crippen LogP contribution in [0.3, 0.4) is 0 Å². The fourth-order valence-electron chi connectivity index (χ4n) is 3.21. The van der Waals surface area contributed by atoms with Crippen molar-refractivity contribution in [3.8, 4) is 0 Å². The molecule has 19 heavy (non-hydrogen) atoms. The molecule has 2 nitrogen and oxygen atoms in total. The molecule has 0 spiro atoms. The molecule has 1 atom stereocenters. The van der Waals surface area contributed by atoms with Crippen molar-refractivity contribution < 1.29 is 0 Å². The predicted molar refractivity (Wildman–Crippen MR) is 85.6 cm³/mol. The van der Waals surface area contributed by atoms with Crippen molar-refractivity contribution in [3.05, 3.63) is 20.8 Å². The monoisotopic (exact) mass is 342 g/mol. The first kappa shape index (κ1) is 14.1. The summed E-state index contributed by atoms with van der Waals surface area (Å²) in [5, 5.41) is 3.74. The molecular formula is C15H23BrN2S. The Morgan fingerprint density at radius 2 is 2.11 bits per heavy atom. The van der Waals surface area contributed by atoms with Crippen LogP contribution in [0.2, 0.25) is 0 Å². The number of halogens is 1. The predicted octanol–water partition coefficient (Wildman–Crippen LogP) is 3.86. The van der Waals surface area contributed by atoms with Crippen LogP contribution in [-0.2, 0) is 6.54 Å². The molecule has 0 radical (unpaired) electrons. The Balaban J connectivity index is 1.80. The van der Waals surface area contributed by atoms with E-state index in [1.54, 1.807) is 0 Å². The van der Waals surface area contributed by atoms with E-state index in [0.717, 1.165) is 25.6 Å². The Kier molecular flexibility index (Phi) is 3.57. The van der Waals surface area contributed by atoms with E-state index in [2.05, 4.69) is 59.1 Å². The van der Waals surface area contributed by atoms with Crippen molar-refractivity contribution >= 4 is 27.3 Å². The summed E-state index contributed by atoms with van der Waals surface area (Å²) in [6.07, 6.45) is 2.81. The summed E-state index contributed by atoms with van der Waals surface area (Å²) in [5.74, 6) is 0.888. The average Bonchev–Trinajstić information content (AvgIpc) is 3.10. The molecule has 0 aromatic carbocycles. The van der Waals surface area contributed by atoms with Gasteiger partial charge in [-0.3, -0.25) is 4.90 Å². The van der Waals surface area contributed by atoms with Crippen LogP contribution in [0.25, 0.3) is 0 Å². The standard InChI is InChI=1S/C15H23BrN2S/c1-14(2)10-18(8-12-6-7-13(16)19-12)15(3,9-17-14)11-4-5-11/h6-7,11,17H,4-5,8-10H2,1-3H3. The molecule has 2 fully saturated rings. The summed E-state index contributed by atoms with van der Waals surface area (Å²) in [5.41, 5.74) is 0.564. The van der Waals surface area contributed by atoms with Gasteiger partial charge in [0.25, 0.3) is 0 Å². The van der Waals surface area contributed by atoms with Crippen LogP contribution in [0.4, 0.5) is 0 Å². The number of rotatable bonds is 3. The van der Waals surface area contributed by atoms with E-state index in [4.69, 9.17) is 0 Å². The van der Waals surface area contributed by atoms with Crippen LogP contribution in [0, 0.1) is 5.92 Å². The third kappa shape index (κ3) is 2.92. The van der Waals surface area contributed by atoms with E-state index in [0.29, 0.717) is 5.54 Å². The number of nitrogens with one attached hydrogen (secondary N) is 1. The topological polar surface area (TPSA) is 15.3 Å². The van der Waals surface area contributed by atoms with Crippen LogP contribution >= 0.6 is 27.3 Å². The summed E-state index contributed by atoms with van der Waals surface area (Å²) < 4.78 is 1.24. The normalized spacial score (nSPS) is 31.6. The van der Waals surface area contributed by atoms with Gasteiger partial charge in [-0.05, 0) is 67.6 Å². The lowest BCUT2D eigenvalue weighted by Crippen LogP contribution is -2.67. The second-order valence-electron chi connectivity index (χ2n) is 6.93. The minimum absolute atomic E-state index is 0.225. The van der Waals surface area contributed by atoms with Crippen molar-refractivity contribution in [2.75, 3.05) is 13.1 Å². The maximum absolute atomic E-state index is 3.74. The van der Waals surface area contributed by atoms with Gasteiger partial charge < -0.3 is 5.32 Å². The first-order chi connectivity index (χ1) is 8.89. The van der Waals surface area contributed by atoms with Gasteiger partial charge in [-0.25, -0.2) is 0 Å². The first-order valence-corrected chi connectivity index (χ1v) is 8.74. The lowest BCUT2D eigenvalue weighted by Gasteiger charge is -2.51.